The number of benzene rings is 1. The standard InChI is InChI=1S/C18H15ClN2O5/c1-8(22)12-13(10-5-4-6-11(19)7-10)14-16(23)20-9(2)21-17(14)26-15(12)18(24)25-3/h4-7,13H,1-3H3,(H,20,21,23)/t13-/m0/s1. The zero-order chi connectivity index (χ0) is 19.0. The average Bonchev–Trinajstić information content (AvgIpc) is 2.58. The molecule has 0 aliphatic carbocycles. The number of nitrogens with zero attached hydrogens (tertiary/aromatic N) is 1. The number of halogens is 1. The fourth-order valence-corrected chi connectivity index (χ4v) is 3.15. The van der Waals surface area contributed by atoms with Crippen molar-refractivity contribution in [1.82, 2.24) is 9.97 Å². The quantitative estimate of drug-likeness (QED) is 0.827. The summed E-state index contributed by atoms with van der Waals surface area (Å²) in [5.41, 5.74) is 0.253. The third kappa shape index (κ3) is 3.01. The number of methoxy groups -OCH3 is 1. The first-order valence-corrected chi connectivity index (χ1v) is 8.08. The van der Waals surface area contributed by atoms with Crippen LogP contribution in [0.25, 0.3) is 0 Å². The molecule has 2 aromatic rings. The molecule has 8 heteroatoms. The van der Waals surface area contributed by atoms with Crippen molar-refractivity contribution in [2.45, 2.75) is 19.8 Å². The molecule has 7 nitrogen and oxygen atoms in total. The zero-order valence-corrected chi connectivity index (χ0v) is 15.0. The lowest BCUT2D eigenvalue weighted by Crippen LogP contribution is -2.31. The second-order valence-corrected chi connectivity index (χ2v) is 6.19. The Balaban J connectivity index is 2.38. The molecular formula is C18H15ClN2O5. The first-order valence-electron chi connectivity index (χ1n) is 7.71. The first-order chi connectivity index (χ1) is 12.3. The predicted octanol–water partition coefficient (Wildman–Crippen LogP) is 2.27. The van der Waals surface area contributed by atoms with Crippen LogP contribution in [0, 0.1) is 6.92 Å². The Kier molecular flexibility index (Phi) is 4.65. The maximum atomic E-state index is 12.6. The van der Waals surface area contributed by atoms with E-state index in [4.69, 9.17) is 21.1 Å². The number of carbonyl (C=O) groups excluding carboxylic acids is 2. The van der Waals surface area contributed by atoms with E-state index in [2.05, 4.69) is 9.97 Å². The summed E-state index contributed by atoms with van der Waals surface area (Å²) in [6.45, 7) is 2.88. The topological polar surface area (TPSA) is 98.4 Å². The summed E-state index contributed by atoms with van der Waals surface area (Å²) in [6, 6.07) is 6.70. The molecule has 1 aromatic heterocycles. The average molecular weight is 375 g/mol. The third-order valence-electron chi connectivity index (χ3n) is 3.99. The van der Waals surface area contributed by atoms with Crippen molar-refractivity contribution in [3.63, 3.8) is 0 Å². The Morgan fingerprint density at radius 1 is 1.35 bits per heavy atom. The molecule has 0 radical (unpaired) electrons. The molecule has 0 fully saturated rings. The van der Waals surface area contributed by atoms with Gasteiger partial charge in [0, 0.05) is 5.02 Å². The van der Waals surface area contributed by atoms with Crippen LogP contribution in [0.15, 0.2) is 40.4 Å². The highest BCUT2D eigenvalue weighted by molar-refractivity contribution is 6.30. The van der Waals surface area contributed by atoms with E-state index in [0.29, 0.717) is 16.4 Å². The molecule has 26 heavy (non-hydrogen) atoms. The molecule has 0 spiro atoms. The lowest BCUT2D eigenvalue weighted by atomic mass is 9.82. The number of Topliss-reactive ketones (excluding diaryl/α,β-unsaturated/α-hetero) is 1. The van der Waals surface area contributed by atoms with Crippen LogP contribution in [0.5, 0.6) is 5.88 Å². The molecule has 0 saturated heterocycles. The van der Waals surface area contributed by atoms with E-state index in [-0.39, 0.29) is 22.8 Å². The lowest BCUT2D eigenvalue weighted by Gasteiger charge is -2.27. The second kappa shape index (κ2) is 6.76. The number of rotatable bonds is 3. The molecular weight excluding hydrogens is 360 g/mol. The van der Waals surface area contributed by atoms with Crippen LogP contribution >= 0.6 is 11.6 Å². The van der Waals surface area contributed by atoms with Gasteiger partial charge in [0.05, 0.1) is 24.2 Å². The van der Waals surface area contributed by atoms with Gasteiger partial charge in [0.2, 0.25) is 11.6 Å². The Hall–Kier alpha value is -2.93. The second-order valence-electron chi connectivity index (χ2n) is 5.75. The van der Waals surface area contributed by atoms with E-state index in [1.165, 1.54) is 14.0 Å². The van der Waals surface area contributed by atoms with Crippen LogP contribution in [-0.4, -0.2) is 28.8 Å². The highest BCUT2D eigenvalue weighted by Gasteiger charge is 2.39. The van der Waals surface area contributed by atoms with Gasteiger partial charge in [-0.15, -0.1) is 0 Å². The molecule has 1 aliphatic rings. The van der Waals surface area contributed by atoms with Crippen LogP contribution in [0.4, 0.5) is 0 Å². The Morgan fingerprint density at radius 2 is 2.08 bits per heavy atom. The summed E-state index contributed by atoms with van der Waals surface area (Å²) in [5.74, 6) is -2.12. The zero-order valence-electron chi connectivity index (χ0n) is 14.3. The van der Waals surface area contributed by atoms with Crippen molar-refractivity contribution < 1.29 is 19.1 Å². The summed E-state index contributed by atoms with van der Waals surface area (Å²) >= 11 is 6.08. The van der Waals surface area contributed by atoms with Crippen LogP contribution < -0.4 is 10.3 Å². The maximum absolute atomic E-state index is 12.6. The van der Waals surface area contributed by atoms with Gasteiger partial charge < -0.3 is 14.5 Å². The number of H-pyrrole nitrogens is 1. The molecule has 1 aromatic carbocycles. The van der Waals surface area contributed by atoms with Crippen molar-refractivity contribution in [2.24, 2.45) is 0 Å². The van der Waals surface area contributed by atoms with Crippen LogP contribution in [0.1, 0.15) is 29.8 Å². The van der Waals surface area contributed by atoms with Crippen molar-refractivity contribution in [1.29, 1.82) is 0 Å². The van der Waals surface area contributed by atoms with Gasteiger partial charge in [0.15, 0.2) is 5.78 Å². The predicted molar refractivity (Wildman–Crippen MR) is 93.2 cm³/mol. The van der Waals surface area contributed by atoms with Gasteiger partial charge in [0.1, 0.15) is 5.82 Å². The number of carbonyl (C=O) groups is 2. The number of hydrogen-bond donors (Lipinski definition) is 1. The van der Waals surface area contributed by atoms with Gasteiger partial charge in [0.25, 0.3) is 5.56 Å². The SMILES string of the molecule is COC(=O)C1=C(C(C)=O)[C@H](c2cccc(Cl)c2)c2c(nc(C)[nH]c2=O)O1. The number of ether oxygens (including phenoxy) is 2. The van der Waals surface area contributed by atoms with E-state index < -0.39 is 23.2 Å². The van der Waals surface area contributed by atoms with E-state index in [0.717, 1.165) is 0 Å². The summed E-state index contributed by atoms with van der Waals surface area (Å²) in [7, 11) is 1.18. The van der Waals surface area contributed by atoms with Crippen molar-refractivity contribution in [3.05, 3.63) is 67.9 Å². The molecule has 1 aliphatic heterocycles. The molecule has 3 rings (SSSR count). The third-order valence-corrected chi connectivity index (χ3v) is 4.23. The number of aromatic nitrogens is 2. The largest absolute Gasteiger partial charge is 0.463 e. The van der Waals surface area contributed by atoms with Gasteiger partial charge in [-0.1, -0.05) is 23.7 Å². The maximum Gasteiger partial charge on any atom is 0.374 e. The Bertz CT molecular complexity index is 1010. The van der Waals surface area contributed by atoms with E-state index in [9.17, 15) is 14.4 Å². The number of esters is 1. The normalized spacial score (nSPS) is 15.9. The summed E-state index contributed by atoms with van der Waals surface area (Å²) in [4.78, 5) is 44.0. The molecule has 0 saturated carbocycles. The minimum atomic E-state index is -0.860. The molecule has 0 bridgehead atoms. The number of fused-ring (bicyclic) bond motifs is 1. The van der Waals surface area contributed by atoms with Gasteiger partial charge in [-0.2, -0.15) is 4.98 Å². The summed E-state index contributed by atoms with van der Waals surface area (Å²) < 4.78 is 10.3. The molecule has 0 unspecified atom stereocenters. The molecule has 2 heterocycles. The number of aryl methyl sites for hydroxylation is 1. The minimum absolute atomic E-state index is 0.0165. The Morgan fingerprint density at radius 3 is 2.69 bits per heavy atom. The fourth-order valence-electron chi connectivity index (χ4n) is 2.96. The van der Waals surface area contributed by atoms with Gasteiger partial charge >= 0.3 is 5.97 Å². The fraction of sp³-hybridized carbons (Fsp3) is 0.222. The first kappa shape index (κ1) is 17.9. The van der Waals surface area contributed by atoms with Crippen LogP contribution in [0.3, 0.4) is 0 Å². The van der Waals surface area contributed by atoms with Crippen molar-refractivity contribution >= 4 is 23.4 Å². The van der Waals surface area contributed by atoms with Crippen molar-refractivity contribution in [3.8, 4) is 5.88 Å². The molecule has 1 N–H and O–H groups in total. The van der Waals surface area contributed by atoms with Crippen LogP contribution in [0.2, 0.25) is 5.02 Å². The Labute approximate surface area is 153 Å². The van der Waals surface area contributed by atoms with Gasteiger partial charge in [-0.3, -0.25) is 9.59 Å². The van der Waals surface area contributed by atoms with Crippen molar-refractivity contribution in [2.75, 3.05) is 7.11 Å². The van der Waals surface area contributed by atoms with E-state index in [1.54, 1.807) is 31.2 Å². The number of allylic oxidation sites excluding steroid dienone is 1. The van der Waals surface area contributed by atoms with Crippen LogP contribution in [-0.2, 0) is 14.3 Å². The minimum Gasteiger partial charge on any atom is -0.463 e. The van der Waals surface area contributed by atoms with Gasteiger partial charge in [-0.25, -0.2) is 4.79 Å². The number of aromatic amines is 1. The van der Waals surface area contributed by atoms with E-state index >= 15 is 0 Å². The highest BCUT2D eigenvalue weighted by atomic mass is 35.5. The van der Waals surface area contributed by atoms with Gasteiger partial charge in [-0.05, 0) is 31.5 Å². The number of hydrogen-bond acceptors (Lipinski definition) is 6. The van der Waals surface area contributed by atoms with E-state index in [1.807, 2.05) is 0 Å². The molecule has 1 atom stereocenters. The summed E-state index contributed by atoms with van der Waals surface area (Å²) in [5, 5.41) is 0.426. The lowest BCUT2D eigenvalue weighted by molar-refractivity contribution is -0.139. The highest BCUT2D eigenvalue weighted by Crippen LogP contribution is 2.41. The smallest absolute Gasteiger partial charge is 0.374 e. The molecule has 0 amide bonds. The summed E-state index contributed by atoms with van der Waals surface area (Å²) in [6.07, 6.45) is 0. The number of nitrogens with one attached hydrogen (secondary N) is 1. The monoisotopic (exact) mass is 374 g/mol. The number of ketones is 1. The molecule has 134 valence electrons.